The second-order valence-electron chi connectivity index (χ2n) is 13.5. The van der Waals surface area contributed by atoms with E-state index in [0.717, 1.165) is 83.5 Å². The predicted octanol–water partition coefficient (Wildman–Crippen LogP) is 13.8. The summed E-state index contributed by atoms with van der Waals surface area (Å²) >= 11 is 0. The minimum atomic E-state index is -0.575. The van der Waals surface area contributed by atoms with Gasteiger partial charge in [-0.15, -0.1) is 0 Å². The third-order valence-corrected chi connectivity index (χ3v) is 8.44. The van der Waals surface area contributed by atoms with E-state index < -0.39 is 6.10 Å². The highest BCUT2D eigenvalue weighted by Crippen LogP contribution is 2.12. The molecule has 0 fully saturated rings. The van der Waals surface area contributed by atoms with Crippen LogP contribution in [0.5, 0.6) is 0 Å². The maximum absolute atomic E-state index is 12.6. The van der Waals surface area contributed by atoms with E-state index in [1.807, 2.05) is 6.08 Å². The van der Waals surface area contributed by atoms with Crippen LogP contribution < -0.4 is 0 Å². The van der Waals surface area contributed by atoms with Crippen molar-refractivity contribution in [2.75, 3.05) is 19.8 Å². The van der Waals surface area contributed by atoms with Crippen molar-refractivity contribution < 1.29 is 23.8 Å². The lowest BCUT2D eigenvalue weighted by Crippen LogP contribution is -2.30. The van der Waals surface area contributed by atoms with Crippen LogP contribution in [0.1, 0.15) is 175 Å². The Hall–Kier alpha value is -2.92. The lowest BCUT2D eigenvalue weighted by atomic mass is 10.1. The highest BCUT2D eigenvalue weighted by molar-refractivity contribution is 5.70. The Balaban J connectivity index is 4.39. The normalized spacial score (nSPS) is 13.1. The molecule has 0 aliphatic rings. The Morgan fingerprint density at radius 3 is 1.46 bits per heavy atom. The van der Waals surface area contributed by atoms with Gasteiger partial charge in [0, 0.05) is 19.4 Å². The largest absolute Gasteiger partial charge is 0.462 e. The molecule has 0 saturated heterocycles. The molecule has 0 heterocycles. The molecular formula is C47H78O5. The fourth-order valence-electron chi connectivity index (χ4n) is 5.36. The van der Waals surface area contributed by atoms with Crippen LogP contribution in [0.3, 0.4) is 0 Å². The van der Waals surface area contributed by atoms with Crippen molar-refractivity contribution in [3.05, 3.63) is 85.1 Å². The summed E-state index contributed by atoms with van der Waals surface area (Å²) in [5.41, 5.74) is 0. The molecule has 0 bridgehead atoms. The molecule has 0 aromatic heterocycles. The molecular weight excluding hydrogens is 645 g/mol. The summed E-state index contributed by atoms with van der Waals surface area (Å²) in [6.45, 7) is 7.43. The molecule has 0 rings (SSSR count). The van der Waals surface area contributed by atoms with E-state index in [4.69, 9.17) is 14.2 Å². The van der Waals surface area contributed by atoms with Crippen LogP contribution in [0, 0.1) is 0 Å². The van der Waals surface area contributed by atoms with Crippen molar-refractivity contribution in [2.24, 2.45) is 0 Å². The molecule has 296 valence electrons. The standard InChI is InChI=1S/C47H78O5/c1-4-7-10-13-16-19-21-23-25-27-30-33-36-39-42-50-43-45(52-47(49)41-38-35-32-28-18-15-12-9-6-3)44-51-46(48)40-37-34-31-29-26-24-22-20-17-14-11-8-5-2/h7-8,10-11,16-17,19-20,23-26,31,34,45H,4-6,9,12-15,18,21-22,27-30,32-33,35-44H2,1-3H3/b10-7-,11-8-,19-16-,20-17-,25-23-,26-24-,34-31-. The first-order valence-corrected chi connectivity index (χ1v) is 21.1. The molecule has 0 aromatic rings. The number of esters is 2. The first kappa shape index (κ1) is 49.1. The van der Waals surface area contributed by atoms with Crippen molar-refractivity contribution in [3.8, 4) is 0 Å². The summed E-state index contributed by atoms with van der Waals surface area (Å²) in [6.07, 6.45) is 54.5. The van der Waals surface area contributed by atoms with Crippen molar-refractivity contribution in [3.63, 3.8) is 0 Å². The van der Waals surface area contributed by atoms with Gasteiger partial charge in [0.05, 0.1) is 6.61 Å². The third kappa shape index (κ3) is 39.9. The Bertz CT molecular complexity index is 999. The molecule has 1 unspecified atom stereocenters. The number of carbonyl (C=O) groups excluding carboxylic acids is 2. The lowest BCUT2D eigenvalue weighted by Gasteiger charge is -2.18. The number of ether oxygens (including phenoxy) is 3. The molecule has 0 N–H and O–H groups in total. The van der Waals surface area contributed by atoms with Gasteiger partial charge in [-0.3, -0.25) is 9.59 Å². The minimum absolute atomic E-state index is 0.0352. The number of allylic oxidation sites excluding steroid dienone is 14. The third-order valence-electron chi connectivity index (χ3n) is 8.44. The van der Waals surface area contributed by atoms with Crippen LogP contribution in [0.4, 0.5) is 0 Å². The van der Waals surface area contributed by atoms with Crippen molar-refractivity contribution in [1.82, 2.24) is 0 Å². The Kier molecular flexibility index (Phi) is 40.1. The first-order valence-electron chi connectivity index (χ1n) is 21.1. The van der Waals surface area contributed by atoms with Gasteiger partial charge in [-0.2, -0.15) is 0 Å². The average molecular weight is 723 g/mol. The summed E-state index contributed by atoms with van der Waals surface area (Å²) in [4.78, 5) is 25.1. The van der Waals surface area contributed by atoms with E-state index in [-0.39, 0.29) is 25.2 Å². The zero-order valence-electron chi connectivity index (χ0n) is 33.8. The number of carbonyl (C=O) groups is 2. The van der Waals surface area contributed by atoms with Crippen molar-refractivity contribution >= 4 is 11.9 Å². The zero-order chi connectivity index (χ0) is 37.8. The molecule has 0 saturated carbocycles. The van der Waals surface area contributed by atoms with Crippen molar-refractivity contribution in [2.45, 2.75) is 181 Å². The molecule has 0 amide bonds. The Morgan fingerprint density at radius 1 is 0.442 bits per heavy atom. The number of rotatable bonds is 37. The fraction of sp³-hybridized carbons (Fsp3) is 0.660. The number of hydrogen-bond acceptors (Lipinski definition) is 5. The van der Waals surface area contributed by atoms with Gasteiger partial charge in [-0.1, -0.05) is 170 Å². The van der Waals surface area contributed by atoms with Crippen LogP contribution in [0.2, 0.25) is 0 Å². The summed E-state index contributed by atoms with van der Waals surface area (Å²) in [7, 11) is 0. The van der Waals surface area contributed by atoms with Gasteiger partial charge >= 0.3 is 11.9 Å². The topological polar surface area (TPSA) is 61.8 Å². The van der Waals surface area contributed by atoms with Gasteiger partial charge in [0.25, 0.3) is 0 Å². The maximum atomic E-state index is 12.6. The SMILES string of the molecule is CC/C=C\C/C=C\C/C=C\C/C=C\CCC(=O)OCC(COCCCCCC/C=C\C/C=C\C/C=C\CC)OC(=O)CCCCCCCCCCC. The van der Waals surface area contributed by atoms with Crippen LogP contribution in [0.15, 0.2) is 85.1 Å². The molecule has 0 aliphatic heterocycles. The summed E-state index contributed by atoms with van der Waals surface area (Å²) < 4.78 is 17.1. The molecule has 0 aromatic carbocycles. The van der Waals surface area contributed by atoms with E-state index in [9.17, 15) is 9.59 Å². The molecule has 5 nitrogen and oxygen atoms in total. The maximum Gasteiger partial charge on any atom is 0.306 e. The zero-order valence-corrected chi connectivity index (χ0v) is 33.8. The highest BCUT2D eigenvalue weighted by atomic mass is 16.6. The summed E-state index contributed by atoms with van der Waals surface area (Å²) in [6, 6.07) is 0. The Labute approximate surface area is 320 Å². The van der Waals surface area contributed by atoms with E-state index in [1.54, 1.807) is 0 Å². The van der Waals surface area contributed by atoms with E-state index in [2.05, 4.69) is 99.8 Å². The predicted molar refractivity (Wildman–Crippen MR) is 223 cm³/mol. The summed E-state index contributed by atoms with van der Waals surface area (Å²) in [5.74, 6) is -0.513. The van der Waals surface area contributed by atoms with E-state index in [0.29, 0.717) is 25.9 Å². The van der Waals surface area contributed by atoms with Crippen LogP contribution in [-0.2, 0) is 23.8 Å². The molecule has 0 radical (unpaired) electrons. The van der Waals surface area contributed by atoms with Gasteiger partial charge in [-0.25, -0.2) is 0 Å². The van der Waals surface area contributed by atoms with Crippen LogP contribution >= 0.6 is 0 Å². The van der Waals surface area contributed by atoms with Crippen LogP contribution in [0.25, 0.3) is 0 Å². The fourth-order valence-corrected chi connectivity index (χ4v) is 5.36. The van der Waals surface area contributed by atoms with E-state index >= 15 is 0 Å². The van der Waals surface area contributed by atoms with Gasteiger partial charge in [0.15, 0.2) is 6.10 Å². The first-order chi connectivity index (χ1) is 25.6. The van der Waals surface area contributed by atoms with Gasteiger partial charge < -0.3 is 14.2 Å². The second-order valence-corrected chi connectivity index (χ2v) is 13.5. The molecule has 5 heteroatoms. The number of unbranched alkanes of at least 4 members (excludes halogenated alkanes) is 12. The monoisotopic (exact) mass is 723 g/mol. The quantitative estimate of drug-likeness (QED) is 0.0363. The summed E-state index contributed by atoms with van der Waals surface area (Å²) in [5, 5.41) is 0. The smallest absolute Gasteiger partial charge is 0.306 e. The molecule has 1 atom stereocenters. The van der Waals surface area contributed by atoms with Gasteiger partial charge in [-0.05, 0) is 77.0 Å². The highest BCUT2D eigenvalue weighted by Gasteiger charge is 2.17. The van der Waals surface area contributed by atoms with Gasteiger partial charge in [0.1, 0.15) is 6.61 Å². The van der Waals surface area contributed by atoms with E-state index in [1.165, 1.54) is 51.4 Å². The average Bonchev–Trinajstić information content (AvgIpc) is 3.14. The van der Waals surface area contributed by atoms with Crippen molar-refractivity contribution in [1.29, 1.82) is 0 Å². The minimum Gasteiger partial charge on any atom is -0.462 e. The molecule has 0 aliphatic carbocycles. The molecule has 0 spiro atoms. The van der Waals surface area contributed by atoms with Gasteiger partial charge in [0.2, 0.25) is 0 Å². The Morgan fingerprint density at radius 2 is 0.904 bits per heavy atom. The van der Waals surface area contributed by atoms with Crippen LogP contribution in [-0.4, -0.2) is 37.9 Å². The number of hydrogen-bond donors (Lipinski definition) is 0. The second kappa shape index (κ2) is 42.5. The molecule has 52 heavy (non-hydrogen) atoms. The lowest BCUT2D eigenvalue weighted by molar-refractivity contribution is -0.162.